The number of rotatable bonds is 3. The van der Waals surface area contributed by atoms with Crippen molar-refractivity contribution in [1.82, 2.24) is 4.98 Å². The van der Waals surface area contributed by atoms with Gasteiger partial charge in [0.1, 0.15) is 5.92 Å². The molecule has 1 unspecified atom stereocenters. The van der Waals surface area contributed by atoms with Crippen molar-refractivity contribution in [1.29, 1.82) is 0 Å². The fraction of sp³-hybridized carbons (Fsp3) is 0.0769. The number of amides is 1. The van der Waals surface area contributed by atoms with Gasteiger partial charge in [0.05, 0.1) is 5.69 Å². The van der Waals surface area contributed by atoms with Crippen LogP contribution in [-0.2, 0) is 4.79 Å². The molecule has 0 fully saturated rings. The van der Waals surface area contributed by atoms with Crippen LogP contribution >= 0.6 is 22.6 Å². The standard InChI is InChI=1S/C13H11IN2O/c14-10-6-7-11(16-8-10)12(13(15)17)9-4-2-1-3-5-9/h1-8,12H,(H2,15,17). The third kappa shape index (κ3) is 2.82. The first kappa shape index (κ1) is 12.0. The Morgan fingerprint density at radius 3 is 2.41 bits per heavy atom. The maximum absolute atomic E-state index is 11.6. The fourth-order valence-corrected chi connectivity index (χ4v) is 2.00. The average molecular weight is 338 g/mol. The minimum absolute atomic E-state index is 0.384. The van der Waals surface area contributed by atoms with Crippen LogP contribution in [0.2, 0.25) is 0 Å². The topological polar surface area (TPSA) is 56.0 Å². The molecule has 0 aliphatic rings. The van der Waals surface area contributed by atoms with Crippen molar-refractivity contribution in [2.75, 3.05) is 0 Å². The minimum atomic E-state index is -0.479. The molecule has 1 aromatic carbocycles. The molecule has 0 bridgehead atoms. The molecular formula is C13H11IN2O. The molecule has 2 rings (SSSR count). The lowest BCUT2D eigenvalue weighted by Gasteiger charge is -2.13. The molecule has 0 aliphatic heterocycles. The van der Waals surface area contributed by atoms with Crippen LogP contribution in [-0.4, -0.2) is 10.9 Å². The van der Waals surface area contributed by atoms with E-state index >= 15 is 0 Å². The second-order valence-corrected chi connectivity index (χ2v) is 4.89. The van der Waals surface area contributed by atoms with E-state index in [1.54, 1.807) is 6.20 Å². The number of nitrogens with zero attached hydrogens (tertiary/aromatic N) is 1. The highest BCUT2D eigenvalue weighted by Gasteiger charge is 2.20. The zero-order chi connectivity index (χ0) is 12.3. The van der Waals surface area contributed by atoms with Gasteiger partial charge in [-0.3, -0.25) is 9.78 Å². The molecule has 2 N–H and O–H groups in total. The summed E-state index contributed by atoms with van der Waals surface area (Å²) in [6.45, 7) is 0. The predicted octanol–water partition coefficient (Wildman–Crippen LogP) is 2.30. The van der Waals surface area contributed by atoms with Crippen molar-refractivity contribution in [3.8, 4) is 0 Å². The number of primary amides is 1. The number of hydrogen-bond acceptors (Lipinski definition) is 2. The van der Waals surface area contributed by atoms with Gasteiger partial charge in [0.2, 0.25) is 5.91 Å². The molecule has 1 atom stereocenters. The lowest BCUT2D eigenvalue weighted by Crippen LogP contribution is -2.23. The van der Waals surface area contributed by atoms with Gasteiger partial charge in [-0.1, -0.05) is 30.3 Å². The van der Waals surface area contributed by atoms with E-state index in [2.05, 4.69) is 27.6 Å². The molecule has 3 nitrogen and oxygen atoms in total. The molecule has 86 valence electrons. The molecule has 0 aliphatic carbocycles. The van der Waals surface area contributed by atoms with E-state index < -0.39 is 5.92 Å². The van der Waals surface area contributed by atoms with Gasteiger partial charge in [0.15, 0.2) is 0 Å². The van der Waals surface area contributed by atoms with E-state index in [-0.39, 0.29) is 5.91 Å². The molecule has 0 saturated heterocycles. The molecule has 17 heavy (non-hydrogen) atoms. The van der Waals surface area contributed by atoms with Crippen molar-refractivity contribution < 1.29 is 4.79 Å². The molecule has 2 aromatic rings. The van der Waals surface area contributed by atoms with Crippen LogP contribution in [0.25, 0.3) is 0 Å². The number of nitrogens with two attached hydrogens (primary N) is 1. The molecule has 1 heterocycles. The Labute approximate surface area is 113 Å². The van der Waals surface area contributed by atoms with E-state index in [1.807, 2.05) is 42.5 Å². The lowest BCUT2D eigenvalue weighted by atomic mass is 9.95. The number of halogens is 1. The van der Waals surface area contributed by atoms with Crippen molar-refractivity contribution in [2.45, 2.75) is 5.92 Å². The molecule has 1 amide bonds. The van der Waals surface area contributed by atoms with Gasteiger partial charge in [-0.25, -0.2) is 0 Å². The van der Waals surface area contributed by atoms with Crippen molar-refractivity contribution >= 4 is 28.5 Å². The van der Waals surface area contributed by atoms with Gasteiger partial charge in [-0.2, -0.15) is 0 Å². The Bertz CT molecular complexity index is 511. The highest BCUT2D eigenvalue weighted by molar-refractivity contribution is 14.1. The van der Waals surface area contributed by atoms with Crippen LogP contribution in [0.1, 0.15) is 17.2 Å². The summed E-state index contributed by atoms with van der Waals surface area (Å²) >= 11 is 2.17. The highest BCUT2D eigenvalue weighted by Crippen LogP contribution is 2.22. The van der Waals surface area contributed by atoms with Crippen LogP contribution in [0.3, 0.4) is 0 Å². The highest BCUT2D eigenvalue weighted by atomic mass is 127. The van der Waals surface area contributed by atoms with Crippen LogP contribution in [0.5, 0.6) is 0 Å². The number of pyridine rings is 1. The summed E-state index contributed by atoms with van der Waals surface area (Å²) in [5, 5.41) is 0. The number of carbonyl (C=O) groups excluding carboxylic acids is 1. The second kappa shape index (κ2) is 5.27. The summed E-state index contributed by atoms with van der Waals surface area (Å²) in [6, 6.07) is 13.2. The van der Waals surface area contributed by atoms with Gasteiger partial charge in [0, 0.05) is 9.77 Å². The van der Waals surface area contributed by atoms with Crippen LogP contribution < -0.4 is 5.73 Å². The first-order valence-corrected chi connectivity index (χ1v) is 6.22. The van der Waals surface area contributed by atoms with Crippen molar-refractivity contribution in [2.24, 2.45) is 5.73 Å². The smallest absolute Gasteiger partial charge is 0.231 e. The molecule has 1 aromatic heterocycles. The molecule has 4 heteroatoms. The summed E-state index contributed by atoms with van der Waals surface area (Å²) < 4.78 is 1.03. The van der Waals surface area contributed by atoms with Crippen molar-refractivity contribution in [3.63, 3.8) is 0 Å². The Morgan fingerprint density at radius 2 is 1.88 bits per heavy atom. The number of aromatic nitrogens is 1. The monoisotopic (exact) mass is 338 g/mol. The summed E-state index contributed by atoms with van der Waals surface area (Å²) in [7, 11) is 0. The Hall–Kier alpha value is -1.43. The first-order chi connectivity index (χ1) is 8.18. The van der Waals surface area contributed by atoms with Gasteiger partial charge >= 0.3 is 0 Å². The van der Waals surface area contributed by atoms with Gasteiger partial charge in [0.25, 0.3) is 0 Å². The van der Waals surface area contributed by atoms with Crippen LogP contribution in [0, 0.1) is 3.57 Å². The van der Waals surface area contributed by atoms with E-state index in [0.29, 0.717) is 5.69 Å². The molecule has 0 radical (unpaired) electrons. The number of benzene rings is 1. The van der Waals surface area contributed by atoms with Gasteiger partial charge in [-0.15, -0.1) is 0 Å². The van der Waals surface area contributed by atoms with E-state index in [0.717, 1.165) is 9.13 Å². The summed E-state index contributed by atoms with van der Waals surface area (Å²) in [6.07, 6.45) is 1.73. The second-order valence-electron chi connectivity index (χ2n) is 3.65. The Morgan fingerprint density at radius 1 is 1.18 bits per heavy atom. The Kier molecular flexibility index (Phi) is 3.73. The van der Waals surface area contributed by atoms with E-state index in [1.165, 1.54) is 0 Å². The Balaban J connectivity index is 2.43. The van der Waals surface area contributed by atoms with Crippen LogP contribution in [0.15, 0.2) is 48.7 Å². The largest absolute Gasteiger partial charge is 0.369 e. The quantitative estimate of drug-likeness (QED) is 0.874. The predicted molar refractivity (Wildman–Crippen MR) is 74.4 cm³/mol. The summed E-state index contributed by atoms with van der Waals surface area (Å²) in [5.74, 6) is -0.863. The summed E-state index contributed by atoms with van der Waals surface area (Å²) in [5.41, 5.74) is 7.01. The first-order valence-electron chi connectivity index (χ1n) is 5.14. The molecule has 0 saturated carbocycles. The lowest BCUT2D eigenvalue weighted by molar-refractivity contribution is -0.118. The fourth-order valence-electron chi connectivity index (χ4n) is 1.68. The minimum Gasteiger partial charge on any atom is -0.369 e. The summed E-state index contributed by atoms with van der Waals surface area (Å²) in [4.78, 5) is 15.8. The SMILES string of the molecule is NC(=O)C(c1ccccc1)c1ccc(I)cn1. The molecule has 0 spiro atoms. The van der Waals surface area contributed by atoms with Gasteiger partial charge in [-0.05, 0) is 40.3 Å². The maximum atomic E-state index is 11.6. The van der Waals surface area contributed by atoms with E-state index in [4.69, 9.17) is 5.73 Å². The normalized spacial score (nSPS) is 12.1. The average Bonchev–Trinajstić information content (AvgIpc) is 2.33. The van der Waals surface area contributed by atoms with E-state index in [9.17, 15) is 4.79 Å². The van der Waals surface area contributed by atoms with Crippen LogP contribution in [0.4, 0.5) is 0 Å². The zero-order valence-electron chi connectivity index (χ0n) is 9.01. The maximum Gasteiger partial charge on any atom is 0.231 e. The zero-order valence-corrected chi connectivity index (χ0v) is 11.2. The van der Waals surface area contributed by atoms with Gasteiger partial charge < -0.3 is 5.73 Å². The van der Waals surface area contributed by atoms with Crippen molar-refractivity contribution in [3.05, 3.63) is 63.5 Å². The molecular weight excluding hydrogens is 327 g/mol. The third-order valence-corrected chi connectivity index (χ3v) is 3.10. The third-order valence-electron chi connectivity index (χ3n) is 2.46. The number of hydrogen-bond donors (Lipinski definition) is 1. The number of carbonyl (C=O) groups is 1.